The molecule has 0 unspecified atom stereocenters. The maximum absolute atomic E-state index is 14.8. The molecule has 1 saturated carbocycles. The quantitative estimate of drug-likeness (QED) is 0.379. The SMILES string of the molecule is NS(=O)(=O)CC[C@H]1C[C@@H](Nc2ncncc2C(=O)c2ccn(Cc3ccccc3)n2)[C@@H](F)[C@@H]1O. The number of carbonyl (C=O) groups excluding carboxylic acids is 1. The van der Waals surface area contributed by atoms with Crippen molar-refractivity contribution in [3.8, 4) is 0 Å². The van der Waals surface area contributed by atoms with E-state index in [9.17, 15) is 22.7 Å². The number of primary sulfonamides is 1. The van der Waals surface area contributed by atoms with Crippen LogP contribution in [-0.2, 0) is 16.6 Å². The monoisotopic (exact) mass is 488 g/mol. The topological polar surface area (TPSA) is 153 Å². The van der Waals surface area contributed by atoms with Gasteiger partial charge >= 0.3 is 0 Å². The van der Waals surface area contributed by atoms with E-state index in [2.05, 4.69) is 20.4 Å². The van der Waals surface area contributed by atoms with Crippen LogP contribution < -0.4 is 10.5 Å². The van der Waals surface area contributed by atoms with Crippen molar-refractivity contribution in [2.75, 3.05) is 11.1 Å². The molecule has 34 heavy (non-hydrogen) atoms. The van der Waals surface area contributed by atoms with Crippen molar-refractivity contribution in [3.05, 3.63) is 71.9 Å². The van der Waals surface area contributed by atoms with E-state index >= 15 is 0 Å². The van der Waals surface area contributed by atoms with Crippen molar-refractivity contribution < 1.29 is 22.7 Å². The second-order valence-corrected chi connectivity index (χ2v) is 10.1. The molecule has 180 valence electrons. The molecule has 0 spiro atoms. The predicted molar refractivity (Wildman–Crippen MR) is 122 cm³/mol. The van der Waals surface area contributed by atoms with Crippen molar-refractivity contribution in [2.45, 2.75) is 37.7 Å². The van der Waals surface area contributed by atoms with Crippen LogP contribution in [0.4, 0.5) is 10.2 Å². The Labute approximate surface area is 196 Å². The normalized spacial score (nSPS) is 22.6. The molecule has 0 bridgehead atoms. The smallest absolute Gasteiger partial charge is 0.218 e. The lowest BCUT2D eigenvalue weighted by Crippen LogP contribution is -2.32. The summed E-state index contributed by atoms with van der Waals surface area (Å²) in [5.74, 6) is -1.27. The first-order chi connectivity index (χ1) is 16.2. The van der Waals surface area contributed by atoms with E-state index in [1.165, 1.54) is 12.5 Å². The van der Waals surface area contributed by atoms with Gasteiger partial charge in [-0.05, 0) is 30.4 Å². The zero-order valence-electron chi connectivity index (χ0n) is 18.2. The molecule has 2 heterocycles. The highest BCUT2D eigenvalue weighted by molar-refractivity contribution is 7.89. The number of aliphatic hydroxyl groups excluding tert-OH is 1. The zero-order chi connectivity index (χ0) is 24.3. The van der Waals surface area contributed by atoms with Gasteiger partial charge in [-0.3, -0.25) is 9.48 Å². The number of ketones is 1. The van der Waals surface area contributed by atoms with Gasteiger partial charge in [-0.1, -0.05) is 30.3 Å². The molecular weight excluding hydrogens is 463 g/mol. The van der Waals surface area contributed by atoms with Gasteiger partial charge in [0.05, 0.1) is 30.0 Å². The minimum absolute atomic E-state index is 0.0347. The fourth-order valence-corrected chi connectivity index (χ4v) is 4.73. The number of sulfonamides is 1. The van der Waals surface area contributed by atoms with Crippen LogP contribution in [0.1, 0.15) is 34.5 Å². The summed E-state index contributed by atoms with van der Waals surface area (Å²) in [6.07, 6.45) is 1.41. The van der Waals surface area contributed by atoms with Gasteiger partial charge in [-0.25, -0.2) is 27.9 Å². The maximum Gasteiger partial charge on any atom is 0.218 e. The molecule has 4 rings (SSSR count). The number of alkyl halides is 1. The van der Waals surface area contributed by atoms with Crippen LogP contribution >= 0.6 is 0 Å². The molecule has 0 radical (unpaired) electrons. The summed E-state index contributed by atoms with van der Waals surface area (Å²) in [5, 5.41) is 22.5. The number of hydrogen-bond donors (Lipinski definition) is 3. The lowest BCUT2D eigenvalue weighted by Gasteiger charge is -2.18. The number of hydrogen-bond acceptors (Lipinski definition) is 8. The average Bonchev–Trinajstić information content (AvgIpc) is 3.38. The molecule has 1 fully saturated rings. The molecule has 1 aliphatic carbocycles. The van der Waals surface area contributed by atoms with E-state index in [1.807, 2.05) is 30.3 Å². The third kappa shape index (κ3) is 5.64. The van der Waals surface area contributed by atoms with Crippen LogP contribution in [0, 0.1) is 5.92 Å². The average molecular weight is 489 g/mol. The fraction of sp³-hybridized carbons (Fsp3) is 0.364. The van der Waals surface area contributed by atoms with Crippen LogP contribution in [0.5, 0.6) is 0 Å². The minimum atomic E-state index is -3.72. The van der Waals surface area contributed by atoms with Gasteiger partial charge in [0.1, 0.15) is 24.0 Å². The highest BCUT2D eigenvalue weighted by Gasteiger charge is 2.43. The molecule has 0 amide bonds. The highest BCUT2D eigenvalue weighted by atomic mass is 32.2. The van der Waals surface area contributed by atoms with Crippen molar-refractivity contribution >= 4 is 21.6 Å². The van der Waals surface area contributed by atoms with Crippen LogP contribution in [0.2, 0.25) is 0 Å². The number of nitrogens with two attached hydrogens (primary N) is 1. The number of nitrogens with one attached hydrogen (secondary N) is 1. The number of aliphatic hydroxyl groups is 1. The minimum Gasteiger partial charge on any atom is -0.390 e. The van der Waals surface area contributed by atoms with E-state index in [0.29, 0.717) is 6.54 Å². The Morgan fingerprint density at radius 1 is 1.26 bits per heavy atom. The van der Waals surface area contributed by atoms with E-state index in [4.69, 9.17) is 5.14 Å². The van der Waals surface area contributed by atoms with Gasteiger partial charge < -0.3 is 10.4 Å². The third-order valence-corrected chi connectivity index (χ3v) is 6.67. The summed E-state index contributed by atoms with van der Waals surface area (Å²) in [6.45, 7) is 0.494. The van der Waals surface area contributed by atoms with Crippen LogP contribution in [0.25, 0.3) is 0 Å². The number of anilines is 1. The number of halogens is 1. The summed E-state index contributed by atoms with van der Waals surface area (Å²) in [4.78, 5) is 21.1. The van der Waals surface area contributed by atoms with Crippen molar-refractivity contribution in [3.63, 3.8) is 0 Å². The maximum atomic E-state index is 14.8. The number of rotatable bonds is 9. The van der Waals surface area contributed by atoms with Crippen molar-refractivity contribution in [1.82, 2.24) is 19.7 Å². The first-order valence-electron chi connectivity index (χ1n) is 10.7. The van der Waals surface area contributed by atoms with Gasteiger partial charge in [0.25, 0.3) is 0 Å². The van der Waals surface area contributed by atoms with E-state index < -0.39 is 40.0 Å². The molecule has 0 aliphatic heterocycles. The number of nitrogens with zero attached hydrogens (tertiary/aromatic N) is 4. The van der Waals surface area contributed by atoms with Gasteiger partial charge in [0.2, 0.25) is 15.8 Å². The van der Waals surface area contributed by atoms with Crippen molar-refractivity contribution in [1.29, 1.82) is 0 Å². The lowest BCUT2D eigenvalue weighted by molar-refractivity contribution is 0.0660. The molecule has 12 heteroatoms. The van der Waals surface area contributed by atoms with E-state index in [0.717, 1.165) is 5.56 Å². The Morgan fingerprint density at radius 2 is 2.03 bits per heavy atom. The number of aromatic nitrogens is 4. The summed E-state index contributed by atoms with van der Waals surface area (Å²) < 4.78 is 38.9. The Hall–Kier alpha value is -3.22. The Morgan fingerprint density at radius 3 is 2.76 bits per heavy atom. The Kier molecular flexibility index (Phi) is 7.00. The summed E-state index contributed by atoms with van der Waals surface area (Å²) in [5.41, 5.74) is 1.32. The molecule has 2 aromatic heterocycles. The van der Waals surface area contributed by atoms with Gasteiger partial charge in [0.15, 0.2) is 0 Å². The number of carbonyl (C=O) groups is 1. The van der Waals surface area contributed by atoms with E-state index in [1.54, 1.807) is 16.9 Å². The molecule has 0 saturated heterocycles. The molecule has 10 nitrogen and oxygen atoms in total. The second-order valence-electron chi connectivity index (χ2n) is 8.34. The third-order valence-electron chi connectivity index (χ3n) is 5.86. The summed E-state index contributed by atoms with van der Waals surface area (Å²) >= 11 is 0. The Bertz CT molecular complexity index is 1250. The van der Waals surface area contributed by atoms with Gasteiger partial charge in [0, 0.05) is 12.4 Å². The lowest BCUT2D eigenvalue weighted by atomic mass is 10.0. The first kappa shape index (κ1) is 23.9. The molecule has 1 aromatic carbocycles. The molecule has 4 atom stereocenters. The predicted octanol–water partition coefficient (Wildman–Crippen LogP) is 1.13. The van der Waals surface area contributed by atoms with E-state index in [-0.39, 0.29) is 35.7 Å². The van der Waals surface area contributed by atoms with Gasteiger partial charge in [-0.2, -0.15) is 5.10 Å². The summed E-state index contributed by atoms with van der Waals surface area (Å²) in [6, 6.07) is 10.4. The van der Waals surface area contributed by atoms with Crippen LogP contribution in [0.15, 0.2) is 55.1 Å². The largest absolute Gasteiger partial charge is 0.390 e. The first-order valence-corrected chi connectivity index (χ1v) is 12.4. The molecule has 3 aromatic rings. The standard InChI is InChI=1S/C22H25FN6O4S/c23-19-18(10-15(20(19)30)7-9-34(24,32)33)27-22-16(11-25-13-26-22)21(31)17-6-8-29(28-17)12-14-4-2-1-3-5-14/h1-6,8,11,13,15,18-20,30H,7,9-10,12H2,(H2,24,32,33)(H,25,26,27)/t15-,18+,19+,20+/m0/s1. The summed E-state index contributed by atoms with van der Waals surface area (Å²) in [7, 11) is -3.72. The molecule has 4 N–H and O–H groups in total. The van der Waals surface area contributed by atoms with Crippen LogP contribution in [-0.4, -0.2) is 63.1 Å². The second kappa shape index (κ2) is 9.95. The number of benzene rings is 1. The molecular formula is C22H25FN6O4S. The zero-order valence-corrected chi connectivity index (χ0v) is 19.0. The molecule has 1 aliphatic rings. The fourth-order valence-electron chi connectivity index (χ4n) is 4.10. The van der Waals surface area contributed by atoms with Gasteiger partial charge in [-0.15, -0.1) is 0 Å². The Balaban J connectivity index is 1.47. The highest BCUT2D eigenvalue weighted by Crippen LogP contribution is 2.34. The van der Waals surface area contributed by atoms with Crippen molar-refractivity contribution in [2.24, 2.45) is 11.1 Å². The van der Waals surface area contributed by atoms with Crippen LogP contribution in [0.3, 0.4) is 0 Å².